The van der Waals surface area contributed by atoms with Crippen LogP contribution in [-0.2, 0) is 9.59 Å². The molecular weight excluding hydrogens is 364 g/mol. The first-order valence-electron chi connectivity index (χ1n) is 10.2. The van der Waals surface area contributed by atoms with Gasteiger partial charge in [-0.15, -0.1) is 0 Å². The predicted octanol–water partition coefficient (Wildman–Crippen LogP) is 4.04. The van der Waals surface area contributed by atoms with Gasteiger partial charge in [-0.25, -0.2) is 0 Å². The number of hydrogen-bond acceptors (Lipinski definition) is 3. The van der Waals surface area contributed by atoms with E-state index in [2.05, 4.69) is 43.4 Å². The number of methoxy groups -OCH3 is 1. The molecule has 0 radical (unpaired) electrons. The summed E-state index contributed by atoms with van der Waals surface area (Å²) in [5.41, 5.74) is 3.13. The van der Waals surface area contributed by atoms with E-state index in [1.54, 1.807) is 12.0 Å². The van der Waals surface area contributed by atoms with Gasteiger partial charge in [-0.05, 0) is 36.0 Å². The second-order valence-electron chi connectivity index (χ2n) is 7.88. The molecule has 5 heteroatoms. The number of carbonyl (C=O) groups is 2. The van der Waals surface area contributed by atoms with Gasteiger partial charge in [-0.2, -0.15) is 0 Å². The fourth-order valence-electron chi connectivity index (χ4n) is 3.97. The third-order valence-corrected chi connectivity index (χ3v) is 5.63. The van der Waals surface area contributed by atoms with E-state index in [4.69, 9.17) is 4.74 Å². The lowest BCUT2D eigenvalue weighted by atomic mass is 9.94. The Labute approximate surface area is 173 Å². The van der Waals surface area contributed by atoms with Crippen LogP contribution in [0, 0.1) is 0 Å². The van der Waals surface area contributed by atoms with E-state index in [9.17, 15) is 9.59 Å². The molecule has 1 aliphatic rings. The monoisotopic (exact) mass is 394 g/mol. The molecule has 3 rings (SSSR count). The standard InChI is InChI=1S/C24H30N2O3/c1-16(2)18-11-13-19(14-12-18)23(20-8-5-6-10-22(20)29-4)25-24(28)21-9-7-15-26(21)17(3)27/h5-6,8,10-14,16,21,23H,7,9,15H2,1-4H3,(H,25,28)/t21-,23+/m0/s1. The van der Waals surface area contributed by atoms with Crippen molar-refractivity contribution in [1.82, 2.24) is 10.2 Å². The Hall–Kier alpha value is -2.82. The molecule has 5 nitrogen and oxygen atoms in total. The summed E-state index contributed by atoms with van der Waals surface area (Å²) in [7, 11) is 1.63. The van der Waals surface area contributed by atoms with Crippen molar-refractivity contribution in [1.29, 1.82) is 0 Å². The highest BCUT2D eigenvalue weighted by Gasteiger charge is 2.34. The normalized spacial score (nSPS) is 17.3. The van der Waals surface area contributed by atoms with Crippen molar-refractivity contribution < 1.29 is 14.3 Å². The maximum absolute atomic E-state index is 13.1. The van der Waals surface area contributed by atoms with Crippen LogP contribution in [0.15, 0.2) is 48.5 Å². The molecular formula is C24H30N2O3. The third-order valence-electron chi connectivity index (χ3n) is 5.63. The molecule has 0 aromatic heterocycles. The molecule has 154 valence electrons. The Morgan fingerprint density at radius 1 is 1.07 bits per heavy atom. The van der Waals surface area contributed by atoms with E-state index in [0.29, 0.717) is 18.9 Å². The van der Waals surface area contributed by atoms with Gasteiger partial charge in [0.1, 0.15) is 11.8 Å². The molecule has 0 aliphatic carbocycles. The highest BCUT2D eigenvalue weighted by Crippen LogP contribution is 2.31. The molecule has 1 fully saturated rings. The van der Waals surface area contributed by atoms with Crippen LogP contribution in [0.25, 0.3) is 0 Å². The van der Waals surface area contributed by atoms with Crippen molar-refractivity contribution in [3.05, 3.63) is 65.2 Å². The molecule has 29 heavy (non-hydrogen) atoms. The van der Waals surface area contributed by atoms with Crippen LogP contribution in [0.5, 0.6) is 5.75 Å². The predicted molar refractivity (Wildman–Crippen MR) is 114 cm³/mol. The molecule has 1 saturated heterocycles. The molecule has 2 aromatic carbocycles. The van der Waals surface area contributed by atoms with Crippen molar-refractivity contribution in [2.45, 2.75) is 51.6 Å². The molecule has 2 atom stereocenters. The molecule has 0 saturated carbocycles. The summed E-state index contributed by atoms with van der Waals surface area (Å²) in [4.78, 5) is 26.7. The number of para-hydroxylation sites is 1. The summed E-state index contributed by atoms with van der Waals surface area (Å²) in [6.45, 7) is 6.47. The van der Waals surface area contributed by atoms with E-state index >= 15 is 0 Å². The number of nitrogens with zero attached hydrogens (tertiary/aromatic N) is 1. The average Bonchev–Trinajstić information content (AvgIpc) is 3.22. The zero-order valence-corrected chi connectivity index (χ0v) is 17.6. The van der Waals surface area contributed by atoms with Crippen LogP contribution < -0.4 is 10.1 Å². The van der Waals surface area contributed by atoms with E-state index in [0.717, 1.165) is 23.3 Å². The fraction of sp³-hybridized carbons (Fsp3) is 0.417. The Morgan fingerprint density at radius 2 is 1.72 bits per heavy atom. The smallest absolute Gasteiger partial charge is 0.243 e. The minimum Gasteiger partial charge on any atom is -0.496 e. The Bertz CT molecular complexity index is 861. The van der Waals surface area contributed by atoms with Crippen molar-refractivity contribution in [3.8, 4) is 5.75 Å². The van der Waals surface area contributed by atoms with Crippen molar-refractivity contribution in [3.63, 3.8) is 0 Å². The number of ether oxygens (including phenoxy) is 1. The van der Waals surface area contributed by atoms with Gasteiger partial charge < -0.3 is 15.0 Å². The van der Waals surface area contributed by atoms with Crippen LogP contribution in [0.4, 0.5) is 0 Å². The number of carbonyl (C=O) groups excluding carboxylic acids is 2. The topological polar surface area (TPSA) is 58.6 Å². The lowest BCUT2D eigenvalue weighted by Gasteiger charge is -2.27. The van der Waals surface area contributed by atoms with Gasteiger partial charge in [0.15, 0.2) is 0 Å². The number of nitrogens with one attached hydrogen (secondary N) is 1. The highest BCUT2D eigenvalue weighted by atomic mass is 16.5. The van der Waals surface area contributed by atoms with E-state index in [1.807, 2.05) is 24.3 Å². The minimum absolute atomic E-state index is 0.0576. The largest absolute Gasteiger partial charge is 0.496 e. The first-order chi connectivity index (χ1) is 13.9. The Morgan fingerprint density at radius 3 is 2.34 bits per heavy atom. The van der Waals surface area contributed by atoms with Gasteiger partial charge in [0.2, 0.25) is 11.8 Å². The van der Waals surface area contributed by atoms with Gasteiger partial charge in [0.25, 0.3) is 0 Å². The molecule has 1 heterocycles. The van der Waals surface area contributed by atoms with Gasteiger partial charge >= 0.3 is 0 Å². The van der Waals surface area contributed by atoms with Crippen molar-refractivity contribution >= 4 is 11.8 Å². The lowest BCUT2D eigenvalue weighted by molar-refractivity contribution is -0.137. The fourth-order valence-corrected chi connectivity index (χ4v) is 3.97. The quantitative estimate of drug-likeness (QED) is 0.805. The first-order valence-corrected chi connectivity index (χ1v) is 10.2. The molecule has 0 unspecified atom stereocenters. The second-order valence-corrected chi connectivity index (χ2v) is 7.88. The Balaban J connectivity index is 1.94. The van der Waals surface area contributed by atoms with Gasteiger partial charge in [0, 0.05) is 19.0 Å². The molecule has 0 spiro atoms. The van der Waals surface area contributed by atoms with E-state index < -0.39 is 6.04 Å². The molecule has 1 N–H and O–H groups in total. The third kappa shape index (κ3) is 4.61. The average molecular weight is 395 g/mol. The van der Waals surface area contributed by atoms with Crippen molar-refractivity contribution in [2.24, 2.45) is 0 Å². The number of hydrogen-bond donors (Lipinski definition) is 1. The molecule has 0 bridgehead atoms. The number of rotatable bonds is 6. The summed E-state index contributed by atoms with van der Waals surface area (Å²) >= 11 is 0. The number of likely N-dealkylation sites (tertiary alicyclic amines) is 1. The zero-order chi connectivity index (χ0) is 21.0. The van der Waals surface area contributed by atoms with E-state index in [-0.39, 0.29) is 17.9 Å². The number of amides is 2. The summed E-state index contributed by atoms with van der Waals surface area (Å²) in [6, 6.07) is 15.3. The maximum Gasteiger partial charge on any atom is 0.243 e. The van der Waals surface area contributed by atoms with Gasteiger partial charge in [-0.3, -0.25) is 9.59 Å². The maximum atomic E-state index is 13.1. The van der Waals surface area contributed by atoms with Crippen LogP contribution in [0.3, 0.4) is 0 Å². The first kappa shape index (κ1) is 20.9. The minimum atomic E-state index is -0.417. The molecule has 1 aliphatic heterocycles. The highest BCUT2D eigenvalue weighted by molar-refractivity contribution is 5.88. The molecule has 2 amide bonds. The van der Waals surface area contributed by atoms with Crippen LogP contribution in [0.2, 0.25) is 0 Å². The van der Waals surface area contributed by atoms with Crippen LogP contribution in [0.1, 0.15) is 62.3 Å². The zero-order valence-electron chi connectivity index (χ0n) is 17.6. The van der Waals surface area contributed by atoms with Crippen LogP contribution in [-0.4, -0.2) is 36.4 Å². The Kier molecular flexibility index (Phi) is 6.57. The summed E-state index contributed by atoms with van der Waals surface area (Å²) < 4.78 is 5.56. The molecule has 2 aromatic rings. The lowest BCUT2D eigenvalue weighted by Crippen LogP contribution is -2.46. The SMILES string of the molecule is COc1ccccc1[C@H](NC(=O)[C@@H]1CCCN1C(C)=O)c1ccc(C(C)C)cc1. The number of benzene rings is 2. The summed E-state index contributed by atoms with van der Waals surface area (Å²) in [5, 5.41) is 3.19. The van der Waals surface area contributed by atoms with E-state index in [1.165, 1.54) is 12.5 Å². The van der Waals surface area contributed by atoms with Gasteiger partial charge in [0.05, 0.1) is 13.2 Å². The van der Waals surface area contributed by atoms with Crippen molar-refractivity contribution in [2.75, 3.05) is 13.7 Å². The second kappa shape index (κ2) is 9.12. The summed E-state index contributed by atoms with van der Waals surface area (Å²) in [5.74, 6) is 0.978. The summed E-state index contributed by atoms with van der Waals surface area (Å²) in [6.07, 6.45) is 1.54. The van der Waals surface area contributed by atoms with Gasteiger partial charge in [-0.1, -0.05) is 56.3 Å². The van der Waals surface area contributed by atoms with Crippen LogP contribution >= 0.6 is 0 Å².